The van der Waals surface area contributed by atoms with Crippen LogP contribution in [0.4, 0.5) is 4.79 Å². The maximum Gasteiger partial charge on any atom is 0.336 e. The molecule has 3 rings (SSSR count). The average Bonchev–Trinajstić information content (AvgIpc) is 2.82. The third-order valence-electron chi connectivity index (χ3n) is 4.50. The monoisotopic (exact) mass is 356 g/mol. The van der Waals surface area contributed by atoms with Crippen molar-refractivity contribution >= 4 is 28.8 Å². The molecular formula is C19H20N2O5. The van der Waals surface area contributed by atoms with Gasteiger partial charge < -0.3 is 4.42 Å². The van der Waals surface area contributed by atoms with Gasteiger partial charge in [-0.05, 0) is 30.0 Å². The summed E-state index contributed by atoms with van der Waals surface area (Å²) in [6, 6.07) is 6.09. The molecule has 0 saturated carbocycles. The first kappa shape index (κ1) is 17.8. The molecule has 2 aromatic rings. The first-order valence-corrected chi connectivity index (χ1v) is 8.69. The number of carbonyl (C=O) groups is 3. The van der Waals surface area contributed by atoms with Gasteiger partial charge in [0, 0.05) is 18.0 Å². The van der Waals surface area contributed by atoms with Gasteiger partial charge in [-0.25, -0.2) is 9.59 Å². The van der Waals surface area contributed by atoms with Gasteiger partial charge in [0.1, 0.15) is 5.58 Å². The van der Waals surface area contributed by atoms with Crippen molar-refractivity contribution in [2.45, 2.75) is 39.7 Å². The lowest BCUT2D eigenvalue weighted by molar-refractivity contribution is -0.143. The Morgan fingerprint density at radius 1 is 0.962 bits per heavy atom. The summed E-state index contributed by atoms with van der Waals surface area (Å²) >= 11 is 0. The number of hydrogen-bond donors (Lipinski definition) is 0. The number of nitrogens with zero attached hydrogens (tertiary/aromatic N) is 2. The molecule has 1 aromatic heterocycles. The zero-order chi connectivity index (χ0) is 18.8. The second-order valence-electron chi connectivity index (χ2n) is 6.26. The van der Waals surface area contributed by atoms with Gasteiger partial charge in [-0.2, -0.15) is 0 Å². The molecule has 0 bridgehead atoms. The Balaban J connectivity index is 1.96. The Bertz CT molecular complexity index is 947. The van der Waals surface area contributed by atoms with E-state index in [4.69, 9.17) is 4.42 Å². The van der Waals surface area contributed by atoms with Crippen molar-refractivity contribution in [2.24, 2.45) is 0 Å². The fraction of sp³-hybridized carbons (Fsp3) is 0.368. The van der Waals surface area contributed by atoms with Crippen LogP contribution in [0.25, 0.3) is 11.0 Å². The number of benzene rings is 1. The topological polar surface area (TPSA) is 87.9 Å². The Kier molecular flexibility index (Phi) is 4.88. The Morgan fingerprint density at radius 3 is 2.38 bits per heavy atom. The molecule has 1 aliphatic rings. The largest absolute Gasteiger partial charge is 0.423 e. The molecule has 0 radical (unpaired) electrons. The van der Waals surface area contributed by atoms with Crippen LogP contribution in [0.3, 0.4) is 0 Å². The highest BCUT2D eigenvalue weighted by molar-refractivity contribution is 6.44. The van der Waals surface area contributed by atoms with Crippen LogP contribution in [0, 0.1) is 0 Å². The number of imide groups is 2. The van der Waals surface area contributed by atoms with E-state index in [9.17, 15) is 19.2 Å². The number of carbonyl (C=O) groups excluding carboxylic acids is 3. The number of aryl methyl sites for hydroxylation is 1. The molecule has 0 unspecified atom stereocenters. The Labute approximate surface area is 150 Å². The second-order valence-corrected chi connectivity index (χ2v) is 6.26. The van der Waals surface area contributed by atoms with Gasteiger partial charge in [-0.3, -0.25) is 19.4 Å². The SMILES string of the molecule is CCCCN1C(=O)C(=O)N(Cc2cc(=O)oc3cc(CC)ccc23)C1=O. The Hall–Kier alpha value is -2.96. The first-order chi connectivity index (χ1) is 12.5. The molecule has 0 spiro atoms. The molecule has 1 fully saturated rings. The molecule has 1 saturated heterocycles. The zero-order valence-electron chi connectivity index (χ0n) is 14.8. The third-order valence-corrected chi connectivity index (χ3v) is 4.50. The van der Waals surface area contributed by atoms with E-state index in [0.717, 1.165) is 28.2 Å². The van der Waals surface area contributed by atoms with E-state index >= 15 is 0 Å². The zero-order valence-corrected chi connectivity index (χ0v) is 14.8. The van der Waals surface area contributed by atoms with Crippen LogP contribution in [0.15, 0.2) is 33.5 Å². The normalized spacial score (nSPS) is 14.8. The summed E-state index contributed by atoms with van der Waals surface area (Å²) in [6.45, 7) is 4.00. The highest BCUT2D eigenvalue weighted by atomic mass is 16.4. The number of amides is 4. The minimum atomic E-state index is -0.863. The van der Waals surface area contributed by atoms with Crippen molar-refractivity contribution < 1.29 is 18.8 Å². The molecular weight excluding hydrogens is 336 g/mol. The van der Waals surface area contributed by atoms with Crippen molar-refractivity contribution in [2.75, 3.05) is 6.54 Å². The van der Waals surface area contributed by atoms with Crippen LogP contribution in [0.5, 0.6) is 0 Å². The predicted octanol–water partition coefficient (Wildman–Crippen LogP) is 2.45. The molecule has 1 aliphatic heterocycles. The van der Waals surface area contributed by atoms with Crippen molar-refractivity contribution in [3.63, 3.8) is 0 Å². The van der Waals surface area contributed by atoms with E-state index in [0.29, 0.717) is 23.0 Å². The van der Waals surface area contributed by atoms with Gasteiger partial charge in [0.05, 0.1) is 6.54 Å². The van der Waals surface area contributed by atoms with E-state index in [1.165, 1.54) is 6.07 Å². The van der Waals surface area contributed by atoms with Gasteiger partial charge in [-0.1, -0.05) is 32.4 Å². The van der Waals surface area contributed by atoms with E-state index in [1.807, 2.05) is 19.9 Å². The molecule has 0 N–H and O–H groups in total. The summed E-state index contributed by atoms with van der Waals surface area (Å²) in [4.78, 5) is 50.5. The fourth-order valence-corrected chi connectivity index (χ4v) is 3.00. The van der Waals surface area contributed by atoms with Gasteiger partial charge >= 0.3 is 23.5 Å². The van der Waals surface area contributed by atoms with Gasteiger partial charge in [0.15, 0.2) is 0 Å². The van der Waals surface area contributed by atoms with Crippen molar-refractivity contribution in [1.82, 2.24) is 9.80 Å². The fourth-order valence-electron chi connectivity index (χ4n) is 3.00. The molecule has 26 heavy (non-hydrogen) atoms. The summed E-state index contributed by atoms with van der Waals surface area (Å²) in [7, 11) is 0. The van der Waals surface area contributed by atoms with E-state index in [1.54, 1.807) is 12.1 Å². The summed E-state index contributed by atoms with van der Waals surface area (Å²) < 4.78 is 5.24. The molecule has 4 amide bonds. The van der Waals surface area contributed by atoms with Gasteiger partial charge in [-0.15, -0.1) is 0 Å². The maximum absolute atomic E-state index is 12.5. The lowest BCUT2D eigenvalue weighted by Gasteiger charge is -2.16. The minimum Gasteiger partial charge on any atom is -0.423 e. The third kappa shape index (κ3) is 3.12. The molecule has 1 aromatic carbocycles. The molecule has 7 nitrogen and oxygen atoms in total. The molecule has 7 heteroatoms. The van der Waals surface area contributed by atoms with Gasteiger partial charge in [0.25, 0.3) is 0 Å². The molecule has 0 aliphatic carbocycles. The summed E-state index contributed by atoms with van der Waals surface area (Å²) in [5.41, 5.74) is 1.33. The number of unbranched alkanes of at least 4 members (excludes halogenated alkanes) is 1. The number of rotatable bonds is 6. The lowest BCUT2D eigenvalue weighted by Crippen LogP contribution is -2.33. The number of urea groups is 1. The standard InChI is InChI=1S/C19H20N2O5/c1-3-5-8-20-17(23)18(24)21(19(20)25)11-13-10-16(22)26-15-9-12(4-2)6-7-14(13)15/h6-7,9-10H,3-5,8,11H2,1-2H3. The number of fused-ring (bicyclic) bond motifs is 1. The summed E-state index contributed by atoms with van der Waals surface area (Å²) in [5.74, 6) is -1.68. The second kappa shape index (κ2) is 7.11. The van der Waals surface area contributed by atoms with Crippen LogP contribution >= 0.6 is 0 Å². The smallest absolute Gasteiger partial charge is 0.336 e. The quantitative estimate of drug-likeness (QED) is 0.451. The van der Waals surface area contributed by atoms with E-state index in [2.05, 4.69) is 0 Å². The van der Waals surface area contributed by atoms with E-state index in [-0.39, 0.29) is 13.1 Å². The van der Waals surface area contributed by atoms with Crippen molar-refractivity contribution in [1.29, 1.82) is 0 Å². The highest BCUT2D eigenvalue weighted by Gasteiger charge is 2.44. The summed E-state index contributed by atoms with van der Waals surface area (Å²) in [5, 5.41) is 0.641. The van der Waals surface area contributed by atoms with Crippen LogP contribution in [-0.4, -0.2) is 34.2 Å². The minimum absolute atomic E-state index is 0.139. The van der Waals surface area contributed by atoms with Crippen LogP contribution in [-0.2, 0) is 22.6 Å². The predicted molar refractivity (Wildman–Crippen MR) is 94.4 cm³/mol. The Morgan fingerprint density at radius 2 is 1.69 bits per heavy atom. The molecule has 136 valence electrons. The van der Waals surface area contributed by atoms with Crippen molar-refractivity contribution in [3.8, 4) is 0 Å². The van der Waals surface area contributed by atoms with Gasteiger partial charge in [0.2, 0.25) is 0 Å². The first-order valence-electron chi connectivity index (χ1n) is 8.69. The van der Waals surface area contributed by atoms with E-state index < -0.39 is 23.5 Å². The highest BCUT2D eigenvalue weighted by Crippen LogP contribution is 2.23. The molecule has 2 heterocycles. The number of hydrogen-bond acceptors (Lipinski definition) is 5. The lowest BCUT2D eigenvalue weighted by atomic mass is 10.1. The summed E-state index contributed by atoms with van der Waals surface area (Å²) in [6.07, 6.45) is 2.22. The van der Waals surface area contributed by atoms with Crippen LogP contribution in [0.2, 0.25) is 0 Å². The molecule has 0 atom stereocenters. The van der Waals surface area contributed by atoms with Crippen molar-refractivity contribution in [3.05, 3.63) is 45.8 Å². The van der Waals surface area contributed by atoms with Crippen LogP contribution in [0.1, 0.15) is 37.8 Å². The average molecular weight is 356 g/mol. The maximum atomic E-state index is 12.5. The van der Waals surface area contributed by atoms with Crippen LogP contribution < -0.4 is 5.63 Å².